The predicted octanol–water partition coefficient (Wildman–Crippen LogP) is 4.52. The van der Waals surface area contributed by atoms with Gasteiger partial charge in [-0.2, -0.15) is 10.2 Å². The molecule has 1 N–H and O–H groups in total. The van der Waals surface area contributed by atoms with Crippen LogP contribution in [0.2, 0.25) is 0 Å². The number of nitrogens with one attached hydrogen (secondary N) is 1. The number of fused-ring (bicyclic) bond motifs is 1. The van der Waals surface area contributed by atoms with E-state index in [1.54, 1.807) is 48.7 Å². The van der Waals surface area contributed by atoms with E-state index in [0.29, 0.717) is 24.4 Å². The highest BCUT2D eigenvalue weighted by molar-refractivity contribution is 9.10. The van der Waals surface area contributed by atoms with E-state index in [0.717, 1.165) is 10.0 Å². The monoisotopic (exact) mass is 514 g/mol. The maximum absolute atomic E-state index is 13.2. The van der Waals surface area contributed by atoms with Gasteiger partial charge in [-0.05, 0) is 54.5 Å². The van der Waals surface area contributed by atoms with Crippen LogP contribution >= 0.6 is 15.9 Å². The number of nitriles is 1. The molecule has 2 aromatic heterocycles. The number of carbonyl (C=O) groups is 1. The highest BCUT2D eigenvalue weighted by atomic mass is 79.9. The van der Waals surface area contributed by atoms with Gasteiger partial charge in [-0.15, -0.1) is 0 Å². The molecule has 0 spiro atoms. The molecule has 8 heteroatoms. The normalized spacial score (nSPS) is 11.1. The molecule has 0 radical (unpaired) electrons. The van der Waals surface area contributed by atoms with E-state index in [4.69, 9.17) is 4.74 Å². The fraction of sp³-hybridized carbons (Fsp3) is 0.0769. The quantitative estimate of drug-likeness (QED) is 0.289. The molecule has 0 bridgehead atoms. The molecule has 2 heterocycles. The van der Waals surface area contributed by atoms with E-state index in [1.165, 1.54) is 10.5 Å². The second-order valence-corrected chi connectivity index (χ2v) is 8.20. The standard InChI is InChI=1S/C26H19BrN4O3/c27-20-9-11-21(12-10-20)34-25-22(26(33)31-15-5-4-8-23(31)30-25)16-19(17-28)24(32)29-14-13-18-6-2-1-3-7-18/h1-12,15-16H,13-14H2,(H,29,32)/b19-16+. The fourth-order valence-electron chi connectivity index (χ4n) is 3.25. The molecule has 0 aliphatic rings. The first-order valence-corrected chi connectivity index (χ1v) is 11.2. The van der Waals surface area contributed by atoms with Gasteiger partial charge in [0.1, 0.15) is 28.6 Å². The van der Waals surface area contributed by atoms with Crippen LogP contribution in [-0.2, 0) is 11.2 Å². The Morgan fingerprint density at radius 2 is 1.82 bits per heavy atom. The molecule has 0 atom stereocenters. The third kappa shape index (κ3) is 5.39. The van der Waals surface area contributed by atoms with E-state index < -0.39 is 11.5 Å². The van der Waals surface area contributed by atoms with Crippen molar-refractivity contribution in [1.29, 1.82) is 5.26 Å². The maximum atomic E-state index is 13.2. The number of halogens is 1. The van der Waals surface area contributed by atoms with Crippen molar-refractivity contribution in [2.75, 3.05) is 6.54 Å². The third-order valence-electron chi connectivity index (χ3n) is 4.96. The van der Waals surface area contributed by atoms with E-state index in [2.05, 4.69) is 26.2 Å². The van der Waals surface area contributed by atoms with Gasteiger partial charge in [0.2, 0.25) is 5.88 Å². The minimum Gasteiger partial charge on any atom is -0.438 e. The summed E-state index contributed by atoms with van der Waals surface area (Å²) in [4.78, 5) is 30.3. The minimum atomic E-state index is -0.578. The molecular weight excluding hydrogens is 496 g/mol. The van der Waals surface area contributed by atoms with E-state index >= 15 is 0 Å². The summed E-state index contributed by atoms with van der Waals surface area (Å²) in [6, 6.07) is 23.7. The summed E-state index contributed by atoms with van der Waals surface area (Å²) in [5, 5.41) is 12.4. The number of ether oxygens (including phenoxy) is 1. The Morgan fingerprint density at radius 1 is 1.09 bits per heavy atom. The summed E-state index contributed by atoms with van der Waals surface area (Å²) in [6.45, 7) is 0.346. The smallest absolute Gasteiger partial charge is 0.269 e. The SMILES string of the molecule is N#C/C(=C\c1c(Oc2ccc(Br)cc2)nc2ccccn2c1=O)C(=O)NCCc1ccccc1. The number of aromatic nitrogens is 2. The summed E-state index contributed by atoms with van der Waals surface area (Å²) in [5.41, 5.74) is 0.766. The van der Waals surface area contributed by atoms with Crippen LogP contribution < -0.4 is 15.6 Å². The Bertz CT molecular complexity index is 1460. The highest BCUT2D eigenvalue weighted by Gasteiger charge is 2.17. The topological polar surface area (TPSA) is 96.5 Å². The molecule has 0 fully saturated rings. The Hall–Kier alpha value is -4.22. The van der Waals surface area contributed by atoms with E-state index in [9.17, 15) is 14.9 Å². The number of hydrogen-bond acceptors (Lipinski definition) is 5. The zero-order chi connectivity index (χ0) is 23.9. The second kappa shape index (κ2) is 10.6. The number of benzene rings is 2. The molecular formula is C26H19BrN4O3. The zero-order valence-corrected chi connectivity index (χ0v) is 19.5. The molecule has 0 saturated heterocycles. The van der Waals surface area contributed by atoms with Crippen molar-refractivity contribution >= 4 is 33.6 Å². The van der Waals surface area contributed by atoms with Crippen molar-refractivity contribution < 1.29 is 9.53 Å². The summed E-state index contributed by atoms with van der Waals surface area (Å²) < 4.78 is 8.09. The van der Waals surface area contributed by atoms with Gasteiger partial charge in [-0.3, -0.25) is 14.0 Å². The van der Waals surface area contributed by atoms with Crippen LogP contribution in [0.1, 0.15) is 11.1 Å². The molecule has 1 amide bonds. The maximum Gasteiger partial charge on any atom is 0.269 e. The molecule has 0 aliphatic heterocycles. The van der Waals surface area contributed by atoms with Crippen molar-refractivity contribution in [1.82, 2.24) is 14.7 Å². The zero-order valence-electron chi connectivity index (χ0n) is 17.9. The highest BCUT2D eigenvalue weighted by Crippen LogP contribution is 2.25. The number of carbonyl (C=O) groups excluding carboxylic acids is 1. The van der Waals surface area contributed by atoms with Crippen molar-refractivity contribution in [2.45, 2.75) is 6.42 Å². The molecule has 168 valence electrons. The Morgan fingerprint density at radius 3 is 2.56 bits per heavy atom. The lowest BCUT2D eigenvalue weighted by Crippen LogP contribution is -2.27. The van der Waals surface area contributed by atoms with Crippen LogP contribution in [0.15, 0.2) is 93.8 Å². The van der Waals surface area contributed by atoms with Crippen LogP contribution in [0, 0.1) is 11.3 Å². The Balaban J connectivity index is 1.66. The number of rotatable bonds is 7. The Labute approximate surface area is 204 Å². The Kier molecular flexibility index (Phi) is 7.16. The fourth-order valence-corrected chi connectivity index (χ4v) is 3.52. The number of hydrogen-bond donors (Lipinski definition) is 1. The average molecular weight is 515 g/mol. The number of amides is 1. The largest absolute Gasteiger partial charge is 0.438 e. The predicted molar refractivity (Wildman–Crippen MR) is 132 cm³/mol. The average Bonchev–Trinajstić information content (AvgIpc) is 2.86. The van der Waals surface area contributed by atoms with E-state index in [1.807, 2.05) is 36.4 Å². The van der Waals surface area contributed by atoms with Crippen molar-refractivity contribution in [3.63, 3.8) is 0 Å². The van der Waals surface area contributed by atoms with Crippen LogP contribution in [0.25, 0.3) is 11.7 Å². The van der Waals surface area contributed by atoms with Gasteiger partial charge in [0, 0.05) is 17.2 Å². The number of nitrogens with zero attached hydrogens (tertiary/aromatic N) is 3. The lowest BCUT2D eigenvalue weighted by Gasteiger charge is -2.10. The van der Waals surface area contributed by atoms with Crippen molar-refractivity contribution in [2.24, 2.45) is 0 Å². The minimum absolute atomic E-state index is 0.00128. The molecule has 4 aromatic rings. The number of pyridine rings is 1. The van der Waals surface area contributed by atoms with Crippen LogP contribution in [0.5, 0.6) is 11.6 Å². The molecule has 2 aromatic carbocycles. The third-order valence-corrected chi connectivity index (χ3v) is 5.49. The van der Waals surface area contributed by atoms with Crippen molar-refractivity contribution in [3.05, 3.63) is 111 Å². The molecule has 34 heavy (non-hydrogen) atoms. The molecule has 0 saturated carbocycles. The summed E-state index contributed by atoms with van der Waals surface area (Å²) in [7, 11) is 0. The first kappa shape index (κ1) is 23.0. The summed E-state index contributed by atoms with van der Waals surface area (Å²) >= 11 is 3.37. The van der Waals surface area contributed by atoms with Gasteiger partial charge in [0.25, 0.3) is 11.5 Å². The first-order chi connectivity index (χ1) is 16.5. The summed E-state index contributed by atoms with van der Waals surface area (Å²) in [5.74, 6) is -0.121. The van der Waals surface area contributed by atoms with Gasteiger partial charge in [-0.1, -0.05) is 52.3 Å². The van der Waals surface area contributed by atoms with E-state index in [-0.39, 0.29) is 17.0 Å². The van der Waals surface area contributed by atoms with Gasteiger partial charge in [0.15, 0.2) is 0 Å². The molecule has 7 nitrogen and oxygen atoms in total. The lowest BCUT2D eigenvalue weighted by molar-refractivity contribution is -0.117. The van der Waals surface area contributed by atoms with Crippen molar-refractivity contribution in [3.8, 4) is 17.7 Å². The lowest BCUT2D eigenvalue weighted by atomic mass is 10.1. The molecule has 4 rings (SSSR count). The van der Waals surface area contributed by atoms with Gasteiger partial charge >= 0.3 is 0 Å². The van der Waals surface area contributed by atoms with Gasteiger partial charge in [-0.25, -0.2) is 0 Å². The molecule has 0 unspecified atom stereocenters. The van der Waals surface area contributed by atoms with Gasteiger partial charge < -0.3 is 10.1 Å². The molecule has 0 aliphatic carbocycles. The first-order valence-electron chi connectivity index (χ1n) is 10.4. The van der Waals surface area contributed by atoms with Crippen LogP contribution in [0.3, 0.4) is 0 Å². The second-order valence-electron chi connectivity index (χ2n) is 7.28. The van der Waals surface area contributed by atoms with Gasteiger partial charge in [0.05, 0.1) is 0 Å². The van der Waals surface area contributed by atoms with Crippen LogP contribution in [-0.4, -0.2) is 21.8 Å². The summed E-state index contributed by atoms with van der Waals surface area (Å²) in [6.07, 6.45) is 3.40. The van der Waals surface area contributed by atoms with Crippen LogP contribution in [0.4, 0.5) is 0 Å².